The molecule has 1 fully saturated rings. The second kappa shape index (κ2) is 6.26. The van der Waals surface area contributed by atoms with Gasteiger partial charge in [-0.2, -0.15) is 0 Å². The summed E-state index contributed by atoms with van der Waals surface area (Å²) in [4.78, 5) is 11.0. The van der Waals surface area contributed by atoms with Crippen LogP contribution in [0.1, 0.15) is 28.8 Å². The Morgan fingerprint density at radius 2 is 1.95 bits per heavy atom. The van der Waals surface area contributed by atoms with Crippen molar-refractivity contribution < 1.29 is 18.0 Å². The van der Waals surface area contributed by atoms with Crippen LogP contribution in [-0.2, 0) is 6.42 Å². The second-order valence-electron chi connectivity index (χ2n) is 4.91. The number of carbonyl (C=O) groups is 1. The van der Waals surface area contributed by atoms with E-state index in [0.717, 1.165) is 32.0 Å². The third kappa shape index (κ3) is 3.12. The lowest BCUT2D eigenvalue weighted by atomic mass is 9.91. The van der Waals surface area contributed by atoms with E-state index in [9.17, 15) is 18.0 Å². The van der Waals surface area contributed by atoms with Crippen LogP contribution in [0.2, 0.25) is 0 Å². The number of benzene rings is 1. The normalized spacial score (nSPS) is 16.4. The van der Waals surface area contributed by atoms with Gasteiger partial charge in [0.15, 0.2) is 11.6 Å². The average Bonchev–Trinajstić information content (AvgIpc) is 2.42. The average molecular weight is 285 g/mol. The molecule has 109 valence electrons. The number of piperidine rings is 1. The van der Waals surface area contributed by atoms with Gasteiger partial charge in [0.05, 0.1) is 0 Å². The molecular weight excluding hydrogens is 269 g/mol. The highest BCUT2D eigenvalue weighted by atomic mass is 19.2. The van der Waals surface area contributed by atoms with Gasteiger partial charge in [-0.05, 0) is 56.3 Å². The molecule has 0 aliphatic carbocycles. The van der Waals surface area contributed by atoms with E-state index in [4.69, 9.17) is 5.73 Å². The Morgan fingerprint density at radius 3 is 2.55 bits per heavy atom. The van der Waals surface area contributed by atoms with Crippen LogP contribution in [0.15, 0.2) is 6.07 Å². The summed E-state index contributed by atoms with van der Waals surface area (Å²) in [5, 5.41) is 3.20. The van der Waals surface area contributed by atoms with Crippen molar-refractivity contribution in [2.45, 2.75) is 19.3 Å². The van der Waals surface area contributed by atoms with Gasteiger partial charge in [0.2, 0.25) is 0 Å². The molecule has 1 aliphatic rings. The Bertz CT molecular complexity index is 514. The molecule has 1 saturated heterocycles. The molecule has 0 atom stereocenters. The molecule has 1 heterocycles. The molecule has 1 aliphatic heterocycles. The third-order valence-corrected chi connectivity index (χ3v) is 3.53. The molecule has 1 aromatic carbocycles. The van der Waals surface area contributed by atoms with Crippen LogP contribution >= 0.6 is 0 Å². The van der Waals surface area contributed by atoms with Gasteiger partial charge < -0.3 is 11.1 Å². The van der Waals surface area contributed by atoms with E-state index in [-0.39, 0.29) is 12.0 Å². The number of carbonyl (C=O) groups excluding carboxylic acids is 1. The fourth-order valence-electron chi connectivity index (χ4n) is 2.39. The van der Waals surface area contributed by atoms with Gasteiger partial charge in [-0.15, -0.1) is 0 Å². The summed E-state index contributed by atoms with van der Waals surface area (Å²) in [7, 11) is 0. The lowest BCUT2D eigenvalue weighted by molar-refractivity contribution is 0.0991. The van der Waals surface area contributed by atoms with Crippen molar-refractivity contribution in [3.05, 3.63) is 41.1 Å². The minimum atomic E-state index is -1.53. The number of hydrogen-bond donors (Lipinski definition) is 2. The van der Waals surface area contributed by atoms with Crippen LogP contribution < -0.4 is 11.1 Å². The zero-order valence-corrected chi connectivity index (χ0v) is 10.9. The molecular formula is C14H16F3N2O. The van der Waals surface area contributed by atoms with Crippen LogP contribution in [0.4, 0.5) is 13.2 Å². The van der Waals surface area contributed by atoms with E-state index in [1.165, 1.54) is 0 Å². The molecule has 6 heteroatoms. The highest BCUT2D eigenvalue weighted by molar-refractivity contribution is 5.93. The third-order valence-electron chi connectivity index (χ3n) is 3.53. The summed E-state index contributed by atoms with van der Waals surface area (Å²) >= 11 is 0. The first kappa shape index (κ1) is 14.8. The molecule has 1 radical (unpaired) electrons. The molecule has 20 heavy (non-hydrogen) atoms. The fourth-order valence-corrected chi connectivity index (χ4v) is 2.39. The second-order valence-corrected chi connectivity index (χ2v) is 4.91. The van der Waals surface area contributed by atoms with Crippen molar-refractivity contribution in [3.8, 4) is 0 Å². The maximum absolute atomic E-state index is 14.0. The molecule has 1 amide bonds. The Hall–Kier alpha value is -1.56. The van der Waals surface area contributed by atoms with E-state index in [1.807, 2.05) is 6.42 Å². The highest BCUT2D eigenvalue weighted by Gasteiger charge is 2.23. The molecule has 0 saturated carbocycles. The largest absolute Gasteiger partial charge is 0.365 e. The summed E-state index contributed by atoms with van der Waals surface area (Å²) in [6.45, 7) is 1.77. The summed E-state index contributed by atoms with van der Waals surface area (Å²) < 4.78 is 40.7. The number of nitrogens with one attached hydrogen (secondary N) is 1. The van der Waals surface area contributed by atoms with Gasteiger partial charge in [-0.25, -0.2) is 13.2 Å². The summed E-state index contributed by atoms with van der Waals surface area (Å²) in [5.74, 6) is -4.85. The van der Waals surface area contributed by atoms with E-state index in [1.54, 1.807) is 0 Å². The monoisotopic (exact) mass is 285 g/mol. The van der Waals surface area contributed by atoms with Crippen molar-refractivity contribution in [2.75, 3.05) is 13.1 Å². The predicted octanol–water partition coefficient (Wildman–Crippen LogP) is 1.95. The van der Waals surface area contributed by atoms with Gasteiger partial charge in [-0.3, -0.25) is 4.79 Å². The van der Waals surface area contributed by atoms with Crippen LogP contribution in [0.25, 0.3) is 0 Å². The van der Waals surface area contributed by atoms with Crippen molar-refractivity contribution >= 4 is 5.91 Å². The Labute approximate surface area is 115 Å². The summed E-state index contributed by atoms with van der Waals surface area (Å²) in [6, 6.07) is 0.786. The van der Waals surface area contributed by atoms with Crippen molar-refractivity contribution in [2.24, 2.45) is 11.7 Å². The number of rotatable bonds is 4. The first-order chi connectivity index (χ1) is 9.50. The van der Waals surface area contributed by atoms with E-state index < -0.39 is 28.9 Å². The summed E-state index contributed by atoms with van der Waals surface area (Å²) in [6.07, 6.45) is 3.87. The number of primary amides is 1. The zero-order chi connectivity index (χ0) is 14.7. The number of halogens is 3. The molecule has 3 nitrogen and oxygen atoms in total. The van der Waals surface area contributed by atoms with Crippen LogP contribution in [0, 0.1) is 29.8 Å². The van der Waals surface area contributed by atoms with Gasteiger partial charge in [0.1, 0.15) is 11.4 Å². The molecule has 0 spiro atoms. The van der Waals surface area contributed by atoms with E-state index in [2.05, 4.69) is 5.32 Å². The van der Waals surface area contributed by atoms with Crippen molar-refractivity contribution in [3.63, 3.8) is 0 Å². The minimum absolute atomic E-state index is 0.0452. The lowest BCUT2D eigenvalue weighted by Crippen LogP contribution is -2.28. The Morgan fingerprint density at radius 1 is 1.30 bits per heavy atom. The SMILES string of the molecule is NC(=O)c1c(F)c(F)cc(C[CH]C2CCNCC2)c1F. The quantitative estimate of drug-likeness (QED) is 0.831. The molecule has 2 rings (SSSR count). The Kier molecular flexibility index (Phi) is 4.65. The van der Waals surface area contributed by atoms with Crippen LogP contribution in [-0.4, -0.2) is 19.0 Å². The van der Waals surface area contributed by atoms with Gasteiger partial charge >= 0.3 is 0 Å². The fraction of sp³-hybridized carbons (Fsp3) is 0.429. The van der Waals surface area contributed by atoms with E-state index in [0.29, 0.717) is 5.92 Å². The van der Waals surface area contributed by atoms with Crippen LogP contribution in [0.3, 0.4) is 0 Å². The standard InChI is InChI=1S/C14H16F3N2O/c15-10-7-9(2-1-8-3-5-19-6-4-8)12(16)11(13(10)17)14(18)20/h1,7-8,19H,2-6H2,(H2,18,20). The molecule has 0 unspecified atom stereocenters. The van der Waals surface area contributed by atoms with E-state index >= 15 is 0 Å². The van der Waals surface area contributed by atoms with Crippen LogP contribution in [0.5, 0.6) is 0 Å². The first-order valence-corrected chi connectivity index (χ1v) is 6.51. The van der Waals surface area contributed by atoms with Gasteiger partial charge in [0.25, 0.3) is 5.91 Å². The molecule has 0 aromatic heterocycles. The number of amides is 1. The molecule has 1 aromatic rings. The topological polar surface area (TPSA) is 55.1 Å². The smallest absolute Gasteiger partial charge is 0.254 e. The number of hydrogen-bond acceptors (Lipinski definition) is 2. The predicted molar refractivity (Wildman–Crippen MR) is 68.4 cm³/mol. The molecule has 0 bridgehead atoms. The van der Waals surface area contributed by atoms with Gasteiger partial charge in [0, 0.05) is 0 Å². The molecule has 3 N–H and O–H groups in total. The van der Waals surface area contributed by atoms with Gasteiger partial charge in [-0.1, -0.05) is 0 Å². The lowest BCUT2D eigenvalue weighted by Gasteiger charge is -2.22. The van der Waals surface area contributed by atoms with Crippen molar-refractivity contribution in [1.29, 1.82) is 0 Å². The zero-order valence-electron chi connectivity index (χ0n) is 10.9. The number of nitrogens with two attached hydrogens (primary N) is 1. The van der Waals surface area contributed by atoms with Crippen molar-refractivity contribution in [1.82, 2.24) is 5.32 Å². The summed E-state index contributed by atoms with van der Waals surface area (Å²) in [5.41, 5.74) is 3.84. The minimum Gasteiger partial charge on any atom is -0.365 e. The maximum atomic E-state index is 14.0. The maximum Gasteiger partial charge on any atom is 0.254 e. The highest BCUT2D eigenvalue weighted by Crippen LogP contribution is 2.23. The Balaban J connectivity index is 2.17. The first-order valence-electron chi connectivity index (χ1n) is 6.51.